The van der Waals surface area contributed by atoms with Crippen LogP contribution < -0.4 is 5.69 Å². The minimum absolute atomic E-state index is 0.159. The number of aryl methyl sites for hydroxylation is 4. The first-order chi connectivity index (χ1) is 9.99. The summed E-state index contributed by atoms with van der Waals surface area (Å²) in [6.07, 6.45) is 0. The Kier molecular flexibility index (Phi) is 3.05. The molecule has 21 heavy (non-hydrogen) atoms. The number of rotatable bonds is 2. The van der Waals surface area contributed by atoms with Crippen LogP contribution in [-0.2, 0) is 7.05 Å². The van der Waals surface area contributed by atoms with E-state index in [0.717, 1.165) is 17.0 Å². The van der Waals surface area contributed by atoms with Crippen molar-refractivity contribution in [2.75, 3.05) is 0 Å². The molecule has 0 atom stereocenters. The van der Waals surface area contributed by atoms with Crippen LogP contribution in [0.3, 0.4) is 0 Å². The maximum Gasteiger partial charge on any atom is 0.365 e. The van der Waals surface area contributed by atoms with Crippen molar-refractivity contribution in [2.24, 2.45) is 7.05 Å². The van der Waals surface area contributed by atoms with Crippen molar-refractivity contribution in [2.45, 2.75) is 20.8 Å². The molecule has 0 saturated heterocycles. The van der Waals surface area contributed by atoms with E-state index in [9.17, 15) is 4.79 Å². The van der Waals surface area contributed by atoms with E-state index >= 15 is 0 Å². The van der Waals surface area contributed by atoms with Gasteiger partial charge < -0.3 is 0 Å². The molecule has 0 unspecified atom stereocenters. The van der Waals surface area contributed by atoms with Crippen LogP contribution in [0, 0.1) is 20.8 Å². The number of hydrogen-bond acceptors (Lipinski definition) is 2. The van der Waals surface area contributed by atoms with Crippen molar-refractivity contribution in [3.8, 4) is 11.4 Å². The average Bonchev–Trinajstić information content (AvgIpc) is 2.92. The molecule has 2 heterocycles. The summed E-state index contributed by atoms with van der Waals surface area (Å²) in [5, 5.41) is 4.39. The zero-order chi connectivity index (χ0) is 15.1. The molecule has 0 fully saturated rings. The lowest BCUT2D eigenvalue weighted by Gasteiger charge is -2.11. The third-order valence-corrected chi connectivity index (χ3v) is 3.65. The Hall–Kier alpha value is -2.56. The Balaban J connectivity index is 2.31. The summed E-state index contributed by atoms with van der Waals surface area (Å²) >= 11 is 0. The molecule has 5 heteroatoms. The Morgan fingerprint density at radius 1 is 0.857 bits per heavy atom. The molecule has 0 spiro atoms. The van der Waals surface area contributed by atoms with E-state index in [1.807, 2.05) is 61.8 Å². The number of aromatic nitrogens is 4. The van der Waals surface area contributed by atoms with Crippen molar-refractivity contribution in [1.29, 1.82) is 0 Å². The van der Waals surface area contributed by atoms with Gasteiger partial charge in [0.1, 0.15) is 0 Å². The summed E-state index contributed by atoms with van der Waals surface area (Å²) in [4.78, 5) is 12.5. The molecule has 0 saturated carbocycles. The van der Waals surface area contributed by atoms with Gasteiger partial charge in [-0.1, -0.05) is 29.8 Å². The van der Waals surface area contributed by atoms with Gasteiger partial charge in [-0.15, -0.1) is 5.10 Å². The lowest BCUT2D eigenvalue weighted by atomic mass is 10.1. The van der Waals surface area contributed by atoms with E-state index in [2.05, 4.69) is 5.10 Å². The lowest BCUT2D eigenvalue weighted by molar-refractivity contribution is 0.589. The molecule has 0 aliphatic heterocycles. The Morgan fingerprint density at radius 2 is 1.43 bits per heavy atom. The van der Waals surface area contributed by atoms with Crippen LogP contribution in [0.5, 0.6) is 0 Å². The van der Waals surface area contributed by atoms with Crippen molar-refractivity contribution in [3.05, 3.63) is 63.8 Å². The third kappa shape index (κ3) is 2.11. The normalized spacial score (nSPS) is 11.0. The molecule has 0 radical (unpaired) electrons. The van der Waals surface area contributed by atoms with Gasteiger partial charge in [0.15, 0.2) is 5.82 Å². The highest BCUT2D eigenvalue weighted by Gasteiger charge is 2.16. The second-order valence-corrected chi connectivity index (χ2v) is 5.34. The Morgan fingerprint density at radius 3 is 2.00 bits per heavy atom. The molecule has 0 aliphatic carbocycles. The second-order valence-electron chi connectivity index (χ2n) is 5.34. The van der Waals surface area contributed by atoms with Crippen LogP contribution in [-0.4, -0.2) is 19.1 Å². The predicted octanol–water partition coefficient (Wildman–Crippen LogP) is 2.29. The van der Waals surface area contributed by atoms with Gasteiger partial charge in [0, 0.05) is 24.0 Å². The van der Waals surface area contributed by atoms with Gasteiger partial charge in [-0.25, -0.2) is 9.48 Å². The van der Waals surface area contributed by atoms with Crippen molar-refractivity contribution < 1.29 is 0 Å². The molecular weight excluding hydrogens is 264 g/mol. The Bertz CT molecular complexity index is 830. The number of hydrogen-bond donors (Lipinski definition) is 0. The molecule has 5 nitrogen and oxygen atoms in total. The largest absolute Gasteiger partial charge is 0.365 e. The van der Waals surface area contributed by atoms with Crippen molar-refractivity contribution in [3.63, 3.8) is 0 Å². The van der Waals surface area contributed by atoms with Gasteiger partial charge in [-0.2, -0.15) is 4.68 Å². The molecule has 108 valence electrons. The number of benzene rings is 1. The first-order valence-electron chi connectivity index (χ1n) is 6.88. The minimum atomic E-state index is -0.159. The monoisotopic (exact) mass is 282 g/mol. The maximum atomic E-state index is 12.5. The molecule has 0 amide bonds. The first-order valence-corrected chi connectivity index (χ1v) is 6.88. The molecule has 0 aliphatic rings. The predicted molar refractivity (Wildman–Crippen MR) is 82.3 cm³/mol. The summed E-state index contributed by atoms with van der Waals surface area (Å²) in [6.45, 7) is 5.99. The highest BCUT2D eigenvalue weighted by Crippen LogP contribution is 2.18. The van der Waals surface area contributed by atoms with Crippen LogP contribution in [0.1, 0.15) is 17.0 Å². The molecule has 3 aromatic rings. The quantitative estimate of drug-likeness (QED) is 0.724. The first kappa shape index (κ1) is 13.4. The van der Waals surface area contributed by atoms with Crippen LogP contribution in [0.25, 0.3) is 11.4 Å². The number of nitrogens with zero attached hydrogens (tertiary/aromatic N) is 4. The molecule has 0 N–H and O–H groups in total. The van der Waals surface area contributed by atoms with E-state index in [4.69, 9.17) is 0 Å². The van der Waals surface area contributed by atoms with Crippen LogP contribution in [0.15, 0.2) is 41.2 Å². The van der Waals surface area contributed by atoms with E-state index < -0.39 is 0 Å². The topological polar surface area (TPSA) is 44.8 Å². The third-order valence-electron chi connectivity index (χ3n) is 3.65. The smallest absolute Gasteiger partial charge is 0.252 e. The van der Waals surface area contributed by atoms with Crippen LogP contribution in [0.2, 0.25) is 0 Å². The summed E-state index contributed by atoms with van der Waals surface area (Å²) in [5.41, 5.74) is 3.93. The summed E-state index contributed by atoms with van der Waals surface area (Å²) in [6, 6.07) is 12.0. The van der Waals surface area contributed by atoms with Gasteiger partial charge in [-0.05, 0) is 32.9 Å². The highest BCUT2D eigenvalue weighted by molar-refractivity contribution is 5.55. The van der Waals surface area contributed by atoms with Gasteiger partial charge in [-0.3, -0.25) is 4.68 Å². The molecule has 3 rings (SSSR count). The maximum absolute atomic E-state index is 12.5. The van der Waals surface area contributed by atoms with E-state index in [1.54, 1.807) is 11.7 Å². The fourth-order valence-electron chi connectivity index (χ4n) is 2.49. The van der Waals surface area contributed by atoms with Crippen LogP contribution >= 0.6 is 0 Å². The lowest BCUT2D eigenvalue weighted by Crippen LogP contribution is -2.29. The van der Waals surface area contributed by atoms with Crippen molar-refractivity contribution in [1.82, 2.24) is 19.1 Å². The SMILES string of the molecule is Cc1ccc(-c2nn(C)c(=O)n2-n2c(C)ccc2C)cc1. The zero-order valence-corrected chi connectivity index (χ0v) is 12.7. The van der Waals surface area contributed by atoms with Crippen molar-refractivity contribution >= 4 is 0 Å². The highest BCUT2D eigenvalue weighted by atomic mass is 16.2. The summed E-state index contributed by atoms with van der Waals surface area (Å²) < 4.78 is 4.88. The minimum Gasteiger partial charge on any atom is -0.252 e. The standard InChI is InChI=1S/C16H18N4O/c1-11-5-9-14(10-6-11)15-17-18(4)16(21)20(15)19-12(2)7-8-13(19)3/h5-10H,1-4H3. The van der Waals surface area contributed by atoms with Gasteiger partial charge in [0.25, 0.3) is 0 Å². The zero-order valence-electron chi connectivity index (χ0n) is 12.7. The molecule has 2 aromatic heterocycles. The van der Waals surface area contributed by atoms with Gasteiger partial charge >= 0.3 is 5.69 Å². The molecule has 0 bridgehead atoms. The fourth-order valence-corrected chi connectivity index (χ4v) is 2.49. The van der Waals surface area contributed by atoms with E-state index in [0.29, 0.717) is 5.82 Å². The Labute approximate surface area is 123 Å². The summed E-state index contributed by atoms with van der Waals surface area (Å²) in [7, 11) is 1.67. The van der Waals surface area contributed by atoms with Crippen LogP contribution in [0.4, 0.5) is 0 Å². The molecule has 1 aromatic carbocycles. The second kappa shape index (κ2) is 4.77. The van der Waals surface area contributed by atoms with E-state index in [-0.39, 0.29) is 5.69 Å². The van der Waals surface area contributed by atoms with E-state index in [1.165, 1.54) is 10.2 Å². The summed E-state index contributed by atoms with van der Waals surface area (Å²) in [5.74, 6) is 0.643. The molecular formula is C16H18N4O. The van der Waals surface area contributed by atoms with Gasteiger partial charge in [0.2, 0.25) is 0 Å². The fraction of sp³-hybridized carbons (Fsp3) is 0.250. The average molecular weight is 282 g/mol. The van der Waals surface area contributed by atoms with Gasteiger partial charge in [0.05, 0.1) is 0 Å².